The molecular formula is C14H9F3N2O2. The van der Waals surface area contributed by atoms with Crippen LogP contribution >= 0.6 is 0 Å². The van der Waals surface area contributed by atoms with Gasteiger partial charge in [-0.15, -0.1) is 0 Å². The second-order valence-corrected chi connectivity index (χ2v) is 4.08. The Hall–Kier alpha value is -2.59. The molecule has 0 saturated heterocycles. The van der Waals surface area contributed by atoms with Crippen molar-refractivity contribution in [3.63, 3.8) is 0 Å². The molecule has 0 aliphatic rings. The third-order valence-electron chi connectivity index (χ3n) is 2.60. The third-order valence-corrected chi connectivity index (χ3v) is 2.60. The molecule has 0 unspecified atom stereocenters. The van der Waals surface area contributed by atoms with Gasteiger partial charge in [-0.3, -0.25) is 0 Å². The molecular weight excluding hydrogens is 285 g/mol. The zero-order valence-corrected chi connectivity index (χ0v) is 10.6. The molecule has 0 radical (unpaired) electrons. The number of rotatable bonds is 3. The van der Waals surface area contributed by atoms with Crippen molar-refractivity contribution in [2.75, 3.05) is 0 Å². The van der Waals surface area contributed by atoms with E-state index in [2.05, 4.69) is 4.98 Å². The number of benzene rings is 1. The number of hydrogen-bond donors (Lipinski definition) is 1. The van der Waals surface area contributed by atoms with Crippen molar-refractivity contribution in [1.29, 1.82) is 5.26 Å². The predicted octanol–water partition coefficient (Wildman–Crippen LogP) is 3.26. The van der Waals surface area contributed by atoms with Gasteiger partial charge in [0, 0.05) is 0 Å². The lowest BCUT2D eigenvalue weighted by atomic mass is 10.1. The van der Waals surface area contributed by atoms with Gasteiger partial charge in [0.2, 0.25) is 0 Å². The molecule has 21 heavy (non-hydrogen) atoms. The van der Waals surface area contributed by atoms with Crippen molar-refractivity contribution in [2.45, 2.75) is 12.8 Å². The fourth-order valence-corrected chi connectivity index (χ4v) is 1.59. The van der Waals surface area contributed by atoms with Crippen molar-refractivity contribution < 1.29 is 23.0 Å². The molecule has 4 nitrogen and oxygen atoms in total. The normalized spacial score (nSPS) is 11.0. The summed E-state index contributed by atoms with van der Waals surface area (Å²) in [6.45, 7) is -0.225. The number of hydrogen-bond acceptors (Lipinski definition) is 4. The van der Waals surface area contributed by atoms with Crippen molar-refractivity contribution >= 4 is 0 Å². The molecule has 1 aromatic carbocycles. The number of halogens is 3. The Kier molecular flexibility index (Phi) is 4.10. The second-order valence-electron chi connectivity index (χ2n) is 4.08. The summed E-state index contributed by atoms with van der Waals surface area (Å²) in [5, 5.41) is 18.0. The quantitative estimate of drug-likeness (QED) is 0.943. The summed E-state index contributed by atoms with van der Waals surface area (Å²) in [6, 6.07) is 8.25. The van der Waals surface area contributed by atoms with E-state index < -0.39 is 11.9 Å². The number of nitrogens with zero attached hydrogens (tertiary/aromatic N) is 2. The SMILES string of the molecule is N#Cc1cc(CO)ccc1Oc1ccc(C(F)(F)F)nc1. The maximum Gasteiger partial charge on any atom is 0.433 e. The highest BCUT2D eigenvalue weighted by molar-refractivity contribution is 5.47. The Morgan fingerprint density at radius 3 is 2.52 bits per heavy atom. The van der Waals surface area contributed by atoms with Gasteiger partial charge in [0.05, 0.1) is 18.4 Å². The van der Waals surface area contributed by atoms with Crippen LogP contribution in [0.3, 0.4) is 0 Å². The maximum absolute atomic E-state index is 12.4. The van der Waals surface area contributed by atoms with Gasteiger partial charge in [0.15, 0.2) is 0 Å². The number of alkyl halides is 3. The zero-order chi connectivity index (χ0) is 15.5. The summed E-state index contributed by atoms with van der Waals surface area (Å²) < 4.78 is 42.5. The molecule has 0 aliphatic heterocycles. The van der Waals surface area contributed by atoms with Crippen LogP contribution in [0.4, 0.5) is 13.2 Å². The number of nitriles is 1. The van der Waals surface area contributed by atoms with Gasteiger partial charge in [0.1, 0.15) is 23.3 Å². The first kappa shape index (κ1) is 14.8. The lowest BCUT2D eigenvalue weighted by molar-refractivity contribution is -0.141. The maximum atomic E-state index is 12.4. The van der Waals surface area contributed by atoms with Crippen LogP contribution in [0.25, 0.3) is 0 Å². The summed E-state index contributed by atoms with van der Waals surface area (Å²) in [7, 11) is 0. The van der Waals surface area contributed by atoms with Gasteiger partial charge in [-0.1, -0.05) is 6.07 Å². The van der Waals surface area contributed by atoms with Crippen LogP contribution in [0.2, 0.25) is 0 Å². The van der Waals surface area contributed by atoms with Gasteiger partial charge >= 0.3 is 6.18 Å². The highest BCUT2D eigenvalue weighted by Gasteiger charge is 2.32. The van der Waals surface area contributed by atoms with Crippen LogP contribution in [0.1, 0.15) is 16.8 Å². The van der Waals surface area contributed by atoms with Gasteiger partial charge in [0.25, 0.3) is 0 Å². The van der Waals surface area contributed by atoms with E-state index >= 15 is 0 Å². The summed E-state index contributed by atoms with van der Waals surface area (Å²) in [5.41, 5.74) is -0.322. The van der Waals surface area contributed by atoms with Crippen molar-refractivity contribution in [1.82, 2.24) is 4.98 Å². The van der Waals surface area contributed by atoms with E-state index in [4.69, 9.17) is 15.1 Å². The van der Waals surface area contributed by atoms with Crippen molar-refractivity contribution in [3.05, 3.63) is 53.3 Å². The second kappa shape index (κ2) is 5.81. The lowest BCUT2D eigenvalue weighted by Crippen LogP contribution is -2.07. The number of aliphatic hydroxyl groups excluding tert-OH is 1. The van der Waals surface area contributed by atoms with E-state index in [0.29, 0.717) is 5.56 Å². The summed E-state index contributed by atoms with van der Waals surface area (Å²) >= 11 is 0. The van der Waals surface area contributed by atoms with E-state index in [-0.39, 0.29) is 23.7 Å². The Bertz CT molecular complexity index is 676. The molecule has 0 aliphatic carbocycles. The Labute approximate surface area is 118 Å². The predicted molar refractivity (Wildman–Crippen MR) is 66.4 cm³/mol. The van der Waals surface area contributed by atoms with E-state index in [9.17, 15) is 13.2 Å². The largest absolute Gasteiger partial charge is 0.454 e. The number of ether oxygens (including phenoxy) is 1. The Morgan fingerprint density at radius 2 is 2.00 bits per heavy atom. The van der Waals surface area contributed by atoms with Crippen LogP contribution in [-0.4, -0.2) is 10.1 Å². The monoisotopic (exact) mass is 294 g/mol. The average Bonchev–Trinajstić information content (AvgIpc) is 2.47. The highest BCUT2D eigenvalue weighted by atomic mass is 19.4. The van der Waals surface area contributed by atoms with Crippen LogP contribution in [0.5, 0.6) is 11.5 Å². The highest BCUT2D eigenvalue weighted by Crippen LogP contribution is 2.30. The van der Waals surface area contributed by atoms with Gasteiger partial charge in [-0.05, 0) is 29.8 Å². The number of aromatic nitrogens is 1. The topological polar surface area (TPSA) is 66.1 Å². The van der Waals surface area contributed by atoms with E-state index in [0.717, 1.165) is 18.3 Å². The minimum atomic E-state index is -4.51. The standard InChI is InChI=1S/C14H9F3N2O2/c15-14(16,17)13-4-2-11(7-19-13)21-12-3-1-9(8-20)5-10(12)6-18/h1-5,7,20H,8H2. The van der Waals surface area contributed by atoms with E-state index in [1.165, 1.54) is 12.1 Å². The summed E-state index contributed by atoms with van der Waals surface area (Å²) in [5.74, 6) is 0.257. The van der Waals surface area contributed by atoms with E-state index in [1.807, 2.05) is 6.07 Å². The average molecular weight is 294 g/mol. The Balaban J connectivity index is 2.25. The molecule has 0 bridgehead atoms. The first-order valence-electron chi connectivity index (χ1n) is 5.79. The minimum Gasteiger partial charge on any atom is -0.454 e. The molecule has 1 aromatic heterocycles. The smallest absolute Gasteiger partial charge is 0.433 e. The molecule has 108 valence electrons. The third kappa shape index (κ3) is 3.49. The van der Waals surface area contributed by atoms with Gasteiger partial charge in [-0.2, -0.15) is 18.4 Å². The molecule has 2 aromatic rings. The van der Waals surface area contributed by atoms with E-state index in [1.54, 1.807) is 6.07 Å². The zero-order valence-electron chi connectivity index (χ0n) is 10.6. The van der Waals surface area contributed by atoms with Gasteiger partial charge in [-0.25, -0.2) is 4.98 Å². The fourth-order valence-electron chi connectivity index (χ4n) is 1.59. The van der Waals surface area contributed by atoms with Crippen molar-refractivity contribution in [2.24, 2.45) is 0 Å². The number of aliphatic hydroxyl groups is 1. The molecule has 2 rings (SSSR count). The van der Waals surface area contributed by atoms with Crippen LogP contribution in [0, 0.1) is 11.3 Å². The van der Waals surface area contributed by atoms with Gasteiger partial charge < -0.3 is 9.84 Å². The first-order chi connectivity index (χ1) is 9.94. The Morgan fingerprint density at radius 1 is 1.24 bits per heavy atom. The minimum absolute atomic E-state index is 0.0799. The molecule has 0 atom stereocenters. The molecule has 0 saturated carbocycles. The van der Waals surface area contributed by atoms with Crippen molar-refractivity contribution in [3.8, 4) is 17.6 Å². The summed E-state index contributed by atoms with van der Waals surface area (Å²) in [6.07, 6.45) is -3.58. The molecule has 0 amide bonds. The molecule has 7 heteroatoms. The lowest BCUT2D eigenvalue weighted by Gasteiger charge is -2.09. The molecule has 1 heterocycles. The first-order valence-corrected chi connectivity index (χ1v) is 5.79. The summed E-state index contributed by atoms with van der Waals surface area (Å²) in [4.78, 5) is 3.26. The van der Waals surface area contributed by atoms with Crippen LogP contribution in [-0.2, 0) is 12.8 Å². The molecule has 1 N–H and O–H groups in total. The van der Waals surface area contributed by atoms with Crippen LogP contribution in [0.15, 0.2) is 36.5 Å². The molecule has 0 fully saturated rings. The van der Waals surface area contributed by atoms with Crippen LogP contribution < -0.4 is 4.74 Å². The number of pyridine rings is 1. The molecule has 0 spiro atoms. The fraction of sp³-hybridized carbons (Fsp3) is 0.143.